The molecule has 0 unspecified atom stereocenters. The number of carboxylic acid groups (broad SMARTS) is 1. The van der Waals surface area contributed by atoms with Crippen LogP contribution in [0.3, 0.4) is 0 Å². The summed E-state index contributed by atoms with van der Waals surface area (Å²) in [4.78, 5) is 88.2. The molecule has 0 aliphatic heterocycles. The molecule has 0 atom stereocenters. The smallest absolute Gasteiger partial charge is 0.413 e. The van der Waals surface area contributed by atoms with E-state index in [0.717, 1.165) is 42.8 Å². The average Bonchev–Trinajstić information content (AvgIpc) is 1.79. The Morgan fingerprint density at radius 2 is 0.845 bits per heavy atom. The van der Waals surface area contributed by atoms with E-state index in [4.69, 9.17) is 37.3 Å². The summed E-state index contributed by atoms with van der Waals surface area (Å²) in [6, 6.07) is 28.3. The van der Waals surface area contributed by atoms with E-state index in [1.54, 1.807) is 145 Å². The zero-order chi connectivity index (χ0) is 78.0. The molecule has 0 bridgehead atoms. The van der Waals surface area contributed by atoms with Gasteiger partial charge in [-0.05, 0) is 122 Å². The SMILES string of the molecule is CCC(C)(CC)c1cc(NC(=O)c2c(OC)cccc2OC)on1.CCC(C)(CC)c1cc(NC(=O)c2c(OC)cccc2OC)on1.CN(C)C(=O)Nc1cc(C(C)(C)C)on1.CN(C)C(=O)Nc1cccc(N(C(=O)O)C(C)(C)C)c1.CN(C)C(=O)Nc1cccc(OC(=O)NC(C)(C)C)c1. The van der Waals surface area contributed by atoms with Crippen molar-refractivity contribution in [2.24, 2.45) is 0 Å². The summed E-state index contributed by atoms with van der Waals surface area (Å²) in [5.74, 6) is 3.13. The Morgan fingerprint density at radius 1 is 0.466 bits per heavy atom. The van der Waals surface area contributed by atoms with Gasteiger partial charge in [0.15, 0.2) is 5.82 Å². The molecule has 0 saturated heterocycles. The summed E-state index contributed by atoms with van der Waals surface area (Å²) < 4.78 is 41.9. The second-order valence-corrected chi connectivity index (χ2v) is 27.6. The minimum absolute atomic E-state index is 0.0748. The van der Waals surface area contributed by atoms with E-state index in [9.17, 15) is 38.7 Å². The number of methoxy groups -OCH3 is 4. The predicted octanol–water partition coefficient (Wildman–Crippen LogP) is 15.8. The van der Waals surface area contributed by atoms with Crippen molar-refractivity contribution in [3.05, 3.63) is 131 Å². The highest BCUT2D eigenvalue weighted by atomic mass is 16.6. The summed E-state index contributed by atoms with van der Waals surface area (Å²) in [7, 11) is 15.9. The normalized spacial score (nSPS) is 11.0. The van der Waals surface area contributed by atoms with Crippen molar-refractivity contribution in [3.63, 3.8) is 0 Å². The highest BCUT2D eigenvalue weighted by Gasteiger charge is 2.31. The Hall–Kier alpha value is -11.0. The van der Waals surface area contributed by atoms with Gasteiger partial charge in [-0.2, -0.15) is 0 Å². The van der Waals surface area contributed by atoms with Crippen molar-refractivity contribution >= 4 is 76.7 Å². The van der Waals surface area contributed by atoms with Gasteiger partial charge in [-0.25, -0.2) is 24.0 Å². The molecule has 0 spiro atoms. The standard InChI is InChI=1S/2C18H24N2O4.2C14H21N3O3.C10H17N3O2/c2*1-6-18(3,7-2)14-11-15(24-20-14)19-17(21)16-12(22-4)9-8-10-13(16)23-5;1-14(2,3)16-13(19)20-11-8-6-7-10(9-11)15-12(18)17(4)5;1-14(2,3)17(13(19)20)11-8-6-7-10(9-11)15-12(18)16(4)5;1-10(2,3)7-6-8(12-15-7)11-9(14)13(4)5/h2*8-11H,6-7H2,1-5H3,(H,19,21);6-9H,1-5H3,(H,15,18)(H,16,19);6-9H,1-5H3,(H,15,18)(H,19,20);6H,1-5H3,(H,11,12,14). The van der Waals surface area contributed by atoms with Crippen LogP contribution in [0, 0.1) is 0 Å². The van der Waals surface area contributed by atoms with Crippen LogP contribution in [0.2, 0.25) is 0 Å². The van der Waals surface area contributed by atoms with Gasteiger partial charge in [0.05, 0.1) is 39.8 Å². The van der Waals surface area contributed by atoms with Crippen LogP contribution in [0.15, 0.2) is 117 Å². The lowest BCUT2D eigenvalue weighted by atomic mass is 9.81. The number of carbonyl (C=O) groups is 7. The van der Waals surface area contributed by atoms with Gasteiger partial charge in [-0.3, -0.25) is 30.4 Å². The molecule has 7 rings (SSSR count). The maximum absolute atomic E-state index is 12.6. The van der Waals surface area contributed by atoms with Crippen LogP contribution < -0.4 is 60.5 Å². The number of nitrogens with one attached hydrogen (secondary N) is 6. The zero-order valence-electron chi connectivity index (χ0n) is 64.3. The molecular weight excluding hydrogens is 1330 g/mol. The number of aromatic nitrogens is 3. The third-order valence-electron chi connectivity index (χ3n) is 15.9. The van der Waals surface area contributed by atoms with Crippen LogP contribution in [0.4, 0.5) is 58.6 Å². The first kappa shape index (κ1) is 86.2. The van der Waals surface area contributed by atoms with Crippen LogP contribution in [-0.4, -0.2) is 159 Å². The lowest BCUT2D eigenvalue weighted by Gasteiger charge is -2.33. The molecule has 0 radical (unpaired) electrons. The Bertz CT molecular complexity index is 3740. The molecule has 564 valence electrons. The molecule has 3 aromatic heterocycles. The van der Waals surface area contributed by atoms with E-state index in [1.807, 2.05) is 62.3 Å². The summed E-state index contributed by atoms with van der Waals surface area (Å²) in [5.41, 5.74) is 2.72. The first-order chi connectivity index (χ1) is 48.1. The Labute approximate surface area is 604 Å². The van der Waals surface area contributed by atoms with Crippen LogP contribution in [-0.2, 0) is 16.2 Å². The highest BCUT2D eigenvalue weighted by Crippen LogP contribution is 2.36. The molecule has 103 heavy (non-hydrogen) atoms. The fourth-order valence-corrected chi connectivity index (χ4v) is 8.92. The van der Waals surface area contributed by atoms with E-state index in [0.29, 0.717) is 74.5 Å². The zero-order valence-corrected chi connectivity index (χ0v) is 64.3. The van der Waals surface area contributed by atoms with Gasteiger partial charge in [0.1, 0.15) is 45.6 Å². The Balaban J connectivity index is 0.000000337. The third-order valence-corrected chi connectivity index (χ3v) is 15.9. The molecular formula is C74H107N13O16. The van der Waals surface area contributed by atoms with Gasteiger partial charge in [0.25, 0.3) is 11.8 Å². The molecule has 0 aliphatic carbocycles. The van der Waals surface area contributed by atoms with Crippen LogP contribution in [0.1, 0.15) is 167 Å². The van der Waals surface area contributed by atoms with Gasteiger partial charge in [-0.15, -0.1) is 0 Å². The average molecular weight is 1430 g/mol. The molecule has 29 heteroatoms. The number of hydrogen-bond donors (Lipinski definition) is 7. The second-order valence-electron chi connectivity index (χ2n) is 27.6. The summed E-state index contributed by atoms with van der Waals surface area (Å²) >= 11 is 0. The molecule has 0 saturated carbocycles. The number of hydrogen-bond acceptors (Lipinski definition) is 18. The minimum Gasteiger partial charge on any atom is -0.496 e. The van der Waals surface area contributed by atoms with Crippen molar-refractivity contribution in [3.8, 4) is 28.7 Å². The van der Waals surface area contributed by atoms with Crippen molar-refractivity contribution in [1.29, 1.82) is 0 Å². The number of carbonyl (C=O) groups excluding carboxylic acids is 6. The fourth-order valence-electron chi connectivity index (χ4n) is 8.92. The molecule has 0 fully saturated rings. The first-order valence-corrected chi connectivity index (χ1v) is 33.2. The number of ether oxygens (including phenoxy) is 5. The molecule has 7 N–H and O–H groups in total. The summed E-state index contributed by atoms with van der Waals surface area (Å²) in [6.45, 7) is 29.8. The Morgan fingerprint density at radius 3 is 1.18 bits per heavy atom. The van der Waals surface area contributed by atoms with E-state index in [-0.39, 0.29) is 51.7 Å². The predicted molar refractivity (Wildman–Crippen MR) is 399 cm³/mol. The third kappa shape index (κ3) is 26.5. The summed E-state index contributed by atoms with van der Waals surface area (Å²) in [5, 5.41) is 37.5. The van der Waals surface area contributed by atoms with Crippen LogP contribution >= 0.6 is 0 Å². The topological polar surface area (TPSA) is 349 Å². The van der Waals surface area contributed by atoms with Crippen molar-refractivity contribution < 1.29 is 75.9 Å². The van der Waals surface area contributed by atoms with Crippen molar-refractivity contribution in [2.75, 3.05) is 102 Å². The quantitative estimate of drug-likeness (QED) is 0.0395. The van der Waals surface area contributed by atoms with E-state index >= 15 is 0 Å². The number of rotatable bonds is 19. The molecule has 29 nitrogen and oxygen atoms in total. The van der Waals surface area contributed by atoms with E-state index < -0.39 is 17.7 Å². The lowest BCUT2D eigenvalue weighted by Crippen LogP contribution is -2.45. The number of benzene rings is 4. The van der Waals surface area contributed by atoms with Crippen LogP contribution in [0.5, 0.6) is 28.7 Å². The van der Waals surface area contributed by atoms with Gasteiger partial charge in [0, 0.05) is 111 Å². The molecule has 4 aromatic carbocycles. The fraction of sp³-hybridized carbons (Fsp3) is 0.459. The van der Waals surface area contributed by atoms with E-state index in [2.05, 4.69) is 88.9 Å². The lowest BCUT2D eigenvalue weighted by molar-refractivity contribution is 0.100. The number of anilines is 6. The van der Waals surface area contributed by atoms with Gasteiger partial charge in [-0.1, -0.05) is 102 Å². The van der Waals surface area contributed by atoms with Gasteiger partial charge in [0.2, 0.25) is 11.8 Å². The second kappa shape index (κ2) is 38.7. The monoisotopic (exact) mass is 1430 g/mol. The molecule has 10 amide bonds. The Kier molecular flexibility index (Phi) is 32.4. The van der Waals surface area contributed by atoms with E-state index in [1.165, 1.54) is 48.0 Å². The number of amides is 10. The van der Waals surface area contributed by atoms with Crippen LogP contribution in [0.25, 0.3) is 0 Å². The largest absolute Gasteiger partial charge is 0.496 e. The number of nitrogens with zero attached hydrogens (tertiary/aromatic N) is 7. The maximum Gasteiger partial charge on any atom is 0.413 e. The molecule has 7 aromatic rings. The molecule has 0 aliphatic rings. The van der Waals surface area contributed by atoms with Crippen molar-refractivity contribution in [1.82, 2.24) is 35.5 Å². The maximum atomic E-state index is 12.6. The minimum atomic E-state index is -1.03. The van der Waals surface area contributed by atoms with Crippen molar-refractivity contribution in [2.45, 2.75) is 157 Å². The van der Waals surface area contributed by atoms with Gasteiger partial charge >= 0.3 is 30.3 Å². The van der Waals surface area contributed by atoms with Gasteiger partial charge < -0.3 is 73.0 Å². The highest BCUT2D eigenvalue weighted by molar-refractivity contribution is 6.08. The first-order valence-electron chi connectivity index (χ1n) is 33.2. The number of urea groups is 3. The molecule has 3 heterocycles. The summed E-state index contributed by atoms with van der Waals surface area (Å²) in [6.07, 6.45) is 2.17.